The fourth-order valence-corrected chi connectivity index (χ4v) is 3.29. The van der Waals surface area contributed by atoms with Gasteiger partial charge >= 0.3 is 0 Å². The molecule has 20 heavy (non-hydrogen) atoms. The molecular formula is C17H22ClNO. The first kappa shape index (κ1) is 15.2. The molecule has 0 bridgehead atoms. The molecule has 0 N–H and O–H groups in total. The lowest BCUT2D eigenvalue weighted by Gasteiger charge is -2.33. The Morgan fingerprint density at radius 1 is 1.40 bits per heavy atom. The average molecular weight is 292 g/mol. The predicted molar refractivity (Wildman–Crippen MR) is 82.0 cm³/mol. The van der Waals surface area contributed by atoms with Crippen molar-refractivity contribution in [3.8, 4) is 11.8 Å². The third-order valence-electron chi connectivity index (χ3n) is 4.18. The van der Waals surface area contributed by atoms with Crippen molar-refractivity contribution < 1.29 is 4.74 Å². The van der Waals surface area contributed by atoms with Crippen LogP contribution in [-0.2, 0) is 0 Å². The van der Waals surface area contributed by atoms with Gasteiger partial charge in [0.05, 0.1) is 12.0 Å². The highest BCUT2D eigenvalue weighted by Gasteiger charge is 2.32. The van der Waals surface area contributed by atoms with E-state index in [0.717, 1.165) is 35.6 Å². The molecule has 1 aromatic carbocycles. The summed E-state index contributed by atoms with van der Waals surface area (Å²) in [6.45, 7) is 4.21. The first-order valence-electron chi connectivity index (χ1n) is 7.46. The number of halogens is 1. The van der Waals surface area contributed by atoms with Crippen LogP contribution in [0.2, 0.25) is 5.02 Å². The number of benzene rings is 1. The number of nitrogens with zero attached hydrogens (tertiary/aromatic N) is 1. The molecule has 3 atom stereocenters. The molecule has 0 aliphatic heterocycles. The second-order valence-corrected chi connectivity index (χ2v) is 6.21. The van der Waals surface area contributed by atoms with Gasteiger partial charge in [0.15, 0.2) is 0 Å². The summed E-state index contributed by atoms with van der Waals surface area (Å²) in [6.07, 6.45) is 5.56. The molecule has 1 aromatic rings. The zero-order chi connectivity index (χ0) is 14.5. The highest BCUT2D eigenvalue weighted by Crippen LogP contribution is 2.35. The standard InChI is InChI=1S/C17H22ClNO/c1-3-4-13-5-6-14(11-19)17(10-13)20-16-8-7-15(18)9-12(16)2/h7-9,13-14,17H,3-6,10H2,1-2H3. The number of aryl methyl sites for hydroxylation is 1. The van der Waals surface area contributed by atoms with Crippen LogP contribution in [0.25, 0.3) is 0 Å². The van der Waals surface area contributed by atoms with Gasteiger partial charge in [0.1, 0.15) is 11.9 Å². The Balaban J connectivity index is 2.09. The van der Waals surface area contributed by atoms with Crippen molar-refractivity contribution in [2.24, 2.45) is 11.8 Å². The second kappa shape index (κ2) is 6.99. The fraction of sp³-hybridized carbons (Fsp3) is 0.588. The van der Waals surface area contributed by atoms with Crippen LogP contribution < -0.4 is 4.74 Å². The third kappa shape index (κ3) is 3.67. The Labute approximate surface area is 126 Å². The summed E-state index contributed by atoms with van der Waals surface area (Å²) in [7, 11) is 0. The Hall–Kier alpha value is -1.20. The van der Waals surface area contributed by atoms with E-state index >= 15 is 0 Å². The molecular weight excluding hydrogens is 270 g/mol. The highest BCUT2D eigenvalue weighted by molar-refractivity contribution is 6.30. The van der Waals surface area contributed by atoms with E-state index in [1.54, 1.807) is 0 Å². The van der Waals surface area contributed by atoms with Gasteiger partial charge in [-0.15, -0.1) is 0 Å². The van der Waals surface area contributed by atoms with Crippen LogP contribution in [0.1, 0.15) is 44.6 Å². The van der Waals surface area contributed by atoms with Gasteiger partial charge in [0.2, 0.25) is 0 Å². The molecule has 3 heteroatoms. The van der Waals surface area contributed by atoms with Crippen molar-refractivity contribution in [3.63, 3.8) is 0 Å². The van der Waals surface area contributed by atoms with Crippen LogP contribution >= 0.6 is 11.6 Å². The SMILES string of the molecule is CCCC1CCC(C#N)C(Oc2ccc(Cl)cc2C)C1. The van der Waals surface area contributed by atoms with Gasteiger partial charge in [0.25, 0.3) is 0 Å². The fourth-order valence-electron chi connectivity index (χ4n) is 3.07. The van der Waals surface area contributed by atoms with Crippen molar-refractivity contribution in [1.29, 1.82) is 5.26 Å². The molecule has 3 unspecified atom stereocenters. The molecule has 1 aliphatic rings. The van der Waals surface area contributed by atoms with Crippen LogP contribution in [0, 0.1) is 30.1 Å². The molecule has 0 aromatic heterocycles. The number of nitriles is 1. The van der Waals surface area contributed by atoms with E-state index in [9.17, 15) is 5.26 Å². The zero-order valence-corrected chi connectivity index (χ0v) is 13.0. The topological polar surface area (TPSA) is 33.0 Å². The minimum Gasteiger partial charge on any atom is -0.489 e. The lowest BCUT2D eigenvalue weighted by molar-refractivity contribution is 0.0869. The molecule has 0 amide bonds. The van der Waals surface area contributed by atoms with Crippen molar-refractivity contribution in [3.05, 3.63) is 28.8 Å². The monoisotopic (exact) mass is 291 g/mol. The normalized spacial score (nSPS) is 26.0. The largest absolute Gasteiger partial charge is 0.489 e. The maximum Gasteiger partial charge on any atom is 0.122 e. The van der Waals surface area contributed by atoms with E-state index in [1.165, 1.54) is 12.8 Å². The molecule has 0 radical (unpaired) electrons. The van der Waals surface area contributed by atoms with E-state index in [-0.39, 0.29) is 12.0 Å². The summed E-state index contributed by atoms with van der Waals surface area (Å²) in [4.78, 5) is 0. The van der Waals surface area contributed by atoms with Crippen molar-refractivity contribution >= 4 is 11.6 Å². The number of hydrogen-bond donors (Lipinski definition) is 0. The van der Waals surface area contributed by atoms with Crippen molar-refractivity contribution in [1.82, 2.24) is 0 Å². The van der Waals surface area contributed by atoms with Crippen LogP contribution in [0.3, 0.4) is 0 Å². The Morgan fingerprint density at radius 3 is 2.85 bits per heavy atom. The maximum atomic E-state index is 9.32. The Kier molecular flexibility index (Phi) is 5.31. The molecule has 108 valence electrons. The van der Waals surface area contributed by atoms with Gasteiger partial charge in [-0.05, 0) is 55.9 Å². The Morgan fingerprint density at radius 2 is 2.20 bits per heavy atom. The molecule has 1 saturated carbocycles. The first-order chi connectivity index (χ1) is 9.63. The molecule has 0 saturated heterocycles. The Bertz CT molecular complexity index is 494. The number of ether oxygens (including phenoxy) is 1. The van der Waals surface area contributed by atoms with Crippen LogP contribution in [0.4, 0.5) is 0 Å². The van der Waals surface area contributed by atoms with Crippen LogP contribution in [0.15, 0.2) is 18.2 Å². The quantitative estimate of drug-likeness (QED) is 0.770. The lowest BCUT2D eigenvalue weighted by Crippen LogP contribution is -2.33. The summed E-state index contributed by atoms with van der Waals surface area (Å²) < 4.78 is 6.14. The smallest absolute Gasteiger partial charge is 0.122 e. The maximum absolute atomic E-state index is 9.32. The number of rotatable bonds is 4. The third-order valence-corrected chi connectivity index (χ3v) is 4.41. The molecule has 2 nitrogen and oxygen atoms in total. The molecule has 0 heterocycles. The van der Waals surface area contributed by atoms with E-state index in [4.69, 9.17) is 16.3 Å². The molecule has 0 spiro atoms. The van der Waals surface area contributed by atoms with E-state index in [0.29, 0.717) is 5.92 Å². The highest BCUT2D eigenvalue weighted by atomic mass is 35.5. The predicted octanol–water partition coefficient (Wildman–Crippen LogP) is 5.14. The summed E-state index contributed by atoms with van der Waals surface area (Å²) in [5.74, 6) is 1.57. The summed E-state index contributed by atoms with van der Waals surface area (Å²) in [5.41, 5.74) is 1.03. The minimum atomic E-state index is 0.0122. The molecule has 1 fully saturated rings. The van der Waals surface area contributed by atoms with Gasteiger partial charge in [0, 0.05) is 5.02 Å². The average Bonchev–Trinajstić information content (AvgIpc) is 2.43. The van der Waals surface area contributed by atoms with Crippen molar-refractivity contribution in [2.75, 3.05) is 0 Å². The summed E-state index contributed by atoms with van der Waals surface area (Å²) >= 11 is 5.97. The van der Waals surface area contributed by atoms with E-state index in [1.807, 2.05) is 25.1 Å². The van der Waals surface area contributed by atoms with Gasteiger partial charge in [-0.2, -0.15) is 5.26 Å². The molecule has 2 rings (SSSR count). The van der Waals surface area contributed by atoms with E-state index in [2.05, 4.69) is 13.0 Å². The van der Waals surface area contributed by atoms with Gasteiger partial charge in [-0.25, -0.2) is 0 Å². The van der Waals surface area contributed by atoms with Gasteiger partial charge in [-0.3, -0.25) is 0 Å². The molecule has 1 aliphatic carbocycles. The van der Waals surface area contributed by atoms with E-state index < -0.39 is 0 Å². The van der Waals surface area contributed by atoms with Gasteiger partial charge < -0.3 is 4.74 Å². The summed E-state index contributed by atoms with van der Waals surface area (Å²) in [6, 6.07) is 8.08. The van der Waals surface area contributed by atoms with Crippen LogP contribution in [-0.4, -0.2) is 6.10 Å². The van der Waals surface area contributed by atoms with Crippen LogP contribution in [0.5, 0.6) is 5.75 Å². The minimum absolute atomic E-state index is 0.0122. The zero-order valence-electron chi connectivity index (χ0n) is 12.2. The van der Waals surface area contributed by atoms with Crippen molar-refractivity contribution in [2.45, 2.75) is 52.1 Å². The number of hydrogen-bond acceptors (Lipinski definition) is 2. The van der Waals surface area contributed by atoms with Gasteiger partial charge in [-0.1, -0.05) is 31.4 Å². The lowest BCUT2D eigenvalue weighted by atomic mass is 9.78. The summed E-state index contributed by atoms with van der Waals surface area (Å²) in [5, 5.41) is 10.0. The second-order valence-electron chi connectivity index (χ2n) is 5.77. The first-order valence-corrected chi connectivity index (χ1v) is 7.84.